The third-order valence-electron chi connectivity index (χ3n) is 6.01. The van der Waals surface area contributed by atoms with Crippen LogP contribution in [0.5, 0.6) is 5.75 Å². The Morgan fingerprint density at radius 2 is 1.94 bits per heavy atom. The van der Waals surface area contributed by atoms with Crippen LogP contribution in [-0.4, -0.2) is 57.0 Å². The lowest BCUT2D eigenvalue weighted by Crippen LogP contribution is -2.41. The molecule has 0 radical (unpaired) electrons. The minimum Gasteiger partial charge on any atom is -0.497 e. The number of ether oxygens (including phenoxy) is 1. The van der Waals surface area contributed by atoms with Crippen molar-refractivity contribution < 1.29 is 22.7 Å². The van der Waals surface area contributed by atoms with Crippen LogP contribution < -0.4 is 15.0 Å². The molecule has 2 aliphatic heterocycles. The Bertz CT molecular complexity index is 1120. The van der Waals surface area contributed by atoms with Gasteiger partial charge < -0.3 is 15.0 Å². The van der Waals surface area contributed by atoms with Crippen molar-refractivity contribution in [2.24, 2.45) is 5.92 Å². The number of hydrogen-bond donors (Lipinski definition) is 1. The van der Waals surface area contributed by atoms with Gasteiger partial charge in [0.2, 0.25) is 21.8 Å². The summed E-state index contributed by atoms with van der Waals surface area (Å²) in [4.78, 5) is 26.6. The second kappa shape index (κ2) is 9.30. The van der Waals surface area contributed by atoms with Crippen molar-refractivity contribution in [1.82, 2.24) is 9.62 Å². The highest BCUT2D eigenvalue weighted by atomic mass is 32.2. The molecular formula is C23H27N3O5S. The van der Waals surface area contributed by atoms with Crippen molar-refractivity contribution in [3.63, 3.8) is 0 Å². The standard InChI is InChI=1S/C23H27N3O5S/c1-31-21-8-4-7-20(14-21)26-16-19(13-22(26)27)23(28)24-10-12-32(29,30)25-11-9-17-5-2-3-6-18(17)15-25/h2-8,14,19H,9-13,15-16H2,1H3,(H,24,28)/t19-/m0/s1. The molecule has 2 aromatic rings. The van der Waals surface area contributed by atoms with Gasteiger partial charge in [-0.3, -0.25) is 9.59 Å². The number of hydrogen-bond acceptors (Lipinski definition) is 5. The number of benzene rings is 2. The van der Waals surface area contributed by atoms with Crippen LogP contribution >= 0.6 is 0 Å². The van der Waals surface area contributed by atoms with Crippen molar-refractivity contribution >= 4 is 27.5 Å². The molecule has 8 nitrogen and oxygen atoms in total. The van der Waals surface area contributed by atoms with Gasteiger partial charge in [-0.25, -0.2) is 8.42 Å². The number of fused-ring (bicyclic) bond motifs is 1. The van der Waals surface area contributed by atoms with E-state index >= 15 is 0 Å². The van der Waals surface area contributed by atoms with Crippen LogP contribution in [0, 0.1) is 5.92 Å². The molecule has 170 valence electrons. The Morgan fingerprint density at radius 1 is 1.16 bits per heavy atom. The minimum absolute atomic E-state index is 0.0170. The number of amides is 2. The Hall–Kier alpha value is -2.91. The van der Waals surface area contributed by atoms with Gasteiger partial charge in [0.1, 0.15) is 5.75 Å². The number of carbonyl (C=O) groups is 2. The number of nitrogens with zero attached hydrogens (tertiary/aromatic N) is 2. The maximum absolute atomic E-state index is 12.7. The average molecular weight is 458 g/mol. The highest BCUT2D eigenvalue weighted by molar-refractivity contribution is 7.89. The largest absolute Gasteiger partial charge is 0.497 e. The zero-order chi connectivity index (χ0) is 22.7. The number of anilines is 1. The first kappa shape index (κ1) is 22.3. The van der Waals surface area contributed by atoms with Crippen molar-refractivity contribution in [3.8, 4) is 5.75 Å². The Morgan fingerprint density at radius 3 is 2.72 bits per heavy atom. The van der Waals surface area contributed by atoms with E-state index in [-0.39, 0.29) is 37.1 Å². The molecule has 0 unspecified atom stereocenters. The van der Waals surface area contributed by atoms with E-state index in [1.165, 1.54) is 9.87 Å². The molecule has 2 heterocycles. The van der Waals surface area contributed by atoms with E-state index in [1.807, 2.05) is 24.3 Å². The van der Waals surface area contributed by atoms with E-state index in [4.69, 9.17) is 4.74 Å². The zero-order valence-corrected chi connectivity index (χ0v) is 18.8. The maximum Gasteiger partial charge on any atom is 0.227 e. The van der Waals surface area contributed by atoms with Crippen molar-refractivity contribution in [3.05, 3.63) is 59.7 Å². The number of sulfonamides is 1. The van der Waals surface area contributed by atoms with E-state index in [1.54, 1.807) is 36.3 Å². The molecule has 0 aromatic heterocycles. The molecule has 1 saturated heterocycles. The summed E-state index contributed by atoms with van der Waals surface area (Å²) in [6.07, 6.45) is 0.782. The molecule has 9 heteroatoms. The summed E-state index contributed by atoms with van der Waals surface area (Å²) in [5, 5.41) is 2.71. The molecule has 1 N–H and O–H groups in total. The van der Waals surface area contributed by atoms with Gasteiger partial charge in [-0.15, -0.1) is 0 Å². The number of rotatable bonds is 7. The number of methoxy groups -OCH3 is 1. The normalized spacial score (nSPS) is 19.0. The average Bonchev–Trinajstić information content (AvgIpc) is 3.20. The molecule has 2 aromatic carbocycles. The highest BCUT2D eigenvalue weighted by Crippen LogP contribution is 2.28. The summed E-state index contributed by atoms with van der Waals surface area (Å²) in [5.41, 5.74) is 2.88. The maximum atomic E-state index is 12.7. The Kier molecular flexibility index (Phi) is 6.48. The van der Waals surface area contributed by atoms with Crippen LogP contribution in [0.2, 0.25) is 0 Å². The van der Waals surface area contributed by atoms with Crippen molar-refractivity contribution in [1.29, 1.82) is 0 Å². The Balaban J connectivity index is 1.30. The molecule has 0 saturated carbocycles. The summed E-state index contributed by atoms with van der Waals surface area (Å²) in [6, 6.07) is 15.0. The van der Waals surface area contributed by atoms with E-state index in [9.17, 15) is 18.0 Å². The van der Waals surface area contributed by atoms with Crippen LogP contribution in [0.4, 0.5) is 5.69 Å². The second-order valence-corrected chi connectivity index (χ2v) is 10.2. The van der Waals surface area contributed by atoms with Gasteiger partial charge in [0.25, 0.3) is 0 Å². The third-order valence-corrected chi connectivity index (χ3v) is 7.83. The number of nitrogens with one attached hydrogen (secondary N) is 1. The predicted octanol–water partition coefficient (Wildman–Crippen LogP) is 1.55. The summed E-state index contributed by atoms with van der Waals surface area (Å²) >= 11 is 0. The lowest BCUT2D eigenvalue weighted by molar-refractivity contribution is -0.126. The molecule has 1 fully saturated rings. The quantitative estimate of drug-likeness (QED) is 0.681. The van der Waals surface area contributed by atoms with Crippen LogP contribution in [0.25, 0.3) is 0 Å². The van der Waals surface area contributed by atoms with Gasteiger partial charge in [-0.05, 0) is 29.7 Å². The van der Waals surface area contributed by atoms with Gasteiger partial charge in [0.15, 0.2) is 0 Å². The SMILES string of the molecule is COc1cccc(N2C[C@@H](C(=O)NCCS(=O)(=O)N3CCc4ccccc4C3)CC2=O)c1. The predicted molar refractivity (Wildman–Crippen MR) is 121 cm³/mol. The third kappa shape index (κ3) is 4.78. The molecule has 2 amide bonds. The topological polar surface area (TPSA) is 96.0 Å². The highest BCUT2D eigenvalue weighted by Gasteiger charge is 2.35. The van der Waals surface area contributed by atoms with Gasteiger partial charge in [0, 0.05) is 44.4 Å². The molecule has 4 rings (SSSR count). The molecule has 0 bridgehead atoms. The summed E-state index contributed by atoms with van der Waals surface area (Å²) in [5.74, 6) is -0.491. The van der Waals surface area contributed by atoms with Crippen LogP contribution in [0.15, 0.2) is 48.5 Å². The molecule has 32 heavy (non-hydrogen) atoms. The van der Waals surface area contributed by atoms with Gasteiger partial charge in [-0.2, -0.15) is 4.31 Å². The van der Waals surface area contributed by atoms with Crippen molar-refractivity contribution in [2.75, 3.05) is 37.4 Å². The molecule has 2 aliphatic rings. The van der Waals surface area contributed by atoms with Gasteiger partial charge in [-0.1, -0.05) is 30.3 Å². The van der Waals surface area contributed by atoms with Crippen LogP contribution in [0.3, 0.4) is 0 Å². The summed E-state index contributed by atoms with van der Waals surface area (Å²) < 4.78 is 32.2. The lowest BCUT2D eigenvalue weighted by atomic mass is 10.0. The fraction of sp³-hybridized carbons (Fsp3) is 0.391. The second-order valence-electron chi connectivity index (χ2n) is 8.07. The van der Waals surface area contributed by atoms with Crippen molar-refractivity contribution in [2.45, 2.75) is 19.4 Å². The fourth-order valence-corrected chi connectivity index (χ4v) is 5.52. The fourth-order valence-electron chi connectivity index (χ4n) is 4.20. The van der Waals surface area contributed by atoms with Gasteiger partial charge >= 0.3 is 0 Å². The van der Waals surface area contributed by atoms with Crippen LogP contribution in [0.1, 0.15) is 17.5 Å². The monoisotopic (exact) mass is 457 g/mol. The number of carbonyl (C=O) groups excluding carboxylic acids is 2. The van der Waals surface area contributed by atoms with E-state index in [0.29, 0.717) is 30.9 Å². The molecule has 0 spiro atoms. The van der Waals surface area contributed by atoms with Crippen LogP contribution in [-0.2, 0) is 32.6 Å². The smallest absolute Gasteiger partial charge is 0.227 e. The first-order valence-corrected chi connectivity index (χ1v) is 12.2. The lowest BCUT2D eigenvalue weighted by Gasteiger charge is -2.28. The van der Waals surface area contributed by atoms with Gasteiger partial charge in [0.05, 0.1) is 18.8 Å². The first-order chi connectivity index (χ1) is 15.4. The molecule has 1 atom stereocenters. The minimum atomic E-state index is -3.49. The van der Waals surface area contributed by atoms with E-state index in [2.05, 4.69) is 5.32 Å². The summed E-state index contributed by atoms with van der Waals surface area (Å²) in [6.45, 7) is 1.08. The van der Waals surface area contributed by atoms with E-state index in [0.717, 1.165) is 5.56 Å². The summed E-state index contributed by atoms with van der Waals surface area (Å²) in [7, 11) is -1.94. The molecule has 0 aliphatic carbocycles. The zero-order valence-electron chi connectivity index (χ0n) is 18.0. The van der Waals surface area contributed by atoms with E-state index < -0.39 is 15.9 Å². The Labute approximate surface area is 188 Å². The first-order valence-electron chi connectivity index (χ1n) is 10.6. The molecular weight excluding hydrogens is 430 g/mol.